The second-order valence-electron chi connectivity index (χ2n) is 3.88. The number of rotatable bonds is 7. The first-order chi connectivity index (χ1) is 6.74. The van der Waals surface area contributed by atoms with Gasteiger partial charge in [-0.05, 0) is 25.3 Å². The minimum atomic E-state index is 0. The topological polar surface area (TPSA) is 41.6 Å². The molecular formula is C10H21ClN2O2. The van der Waals surface area contributed by atoms with Crippen LogP contribution in [-0.2, 0) is 9.53 Å². The molecule has 1 saturated carbocycles. The SMILES string of the molecule is COCCN(C)C(=O)CNCC1CC1.Cl. The number of amides is 1. The number of likely N-dealkylation sites (N-methyl/N-ethyl adjacent to an activating group) is 1. The average Bonchev–Trinajstić information content (AvgIpc) is 2.97. The predicted octanol–water partition coefficient (Wildman–Crippen LogP) is 0.513. The molecule has 0 atom stereocenters. The number of nitrogens with one attached hydrogen (secondary N) is 1. The lowest BCUT2D eigenvalue weighted by atomic mass is 10.4. The highest BCUT2D eigenvalue weighted by Gasteiger charge is 2.20. The number of hydrogen-bond acceptors (Lipinski definition) is 3. The molecule has 0 bridgehead atoms. The van der Waals surface area contributed by atoms with Gasteiger partial charge in [-0.3, -0.25) is 4.79 Å². The Kier molecular flexibility index (Phi) is 7.74. The first-order valence-corrected chi connectivity index (χ1v) is 5.17. The number of halogens is 1. The van der Waals surface area contributed by atoms with Crippen LogP contribution in [0, 0.1) is 5.92 Å². The molecule has 1 rings (SSSR count). The summed E-state index contributed by atoms with van der Waals surface area (Å²) in [6, 6.07) is 0. The summed E-state index contributed by atoms with van der Waals surface area (Å²) in [6.07, 6.45) is 2.64. The van der Waals surface area contributed by atoms with Gasteiger partial charge in [0.05, 0.1) is 13.2 Å². The molecule has 0 saturated heterocycles. The minimum absolute atomic E-state index is 0. The quantitative estimate of drug-likeness (QED) is 0.701. The highest BCUT2D eigenvalue weighted by molar-refractivity contribution is 5.85. The van der Waals surface area contributed by atoms with Gasteiger partial charge in [0.25, 0.3) is 0 Å². The van der Waals surface area contributed by atoms with Crippen LogP contribution in [0.25, 0.3) is 0 Å². The maximum absolute atomic E-state index is 11.5. The van der Waals surface area contributed by atoms with Crippen molar-refractivity contribution in [3.63, 3.8) is 0 Å². The van der Waals surface area contributed by atoms with Gasteiger partial charge in [0.15, 0.2) is 0 Å². The summed E-state index contributed by atoms with van der Waals surface area (Å²) in [5.74, 6) is 0.967. The summed E-state index contributed by atoms with van der Waals surface area (Å²) in [7, 11) is 3.45. The predicted molar refractivity (Wildman–Crippen MR) is 62.4 cm³/mol. The van der Waals surface area contributed by atoms with Gasteiger partial charge in [0.2, 0.25) is 5.91 Å². The third-order valence-corrected chi connectivity index (χ3v) is 2.46. The van der Waals surface area contributed by atoms with Crippen molar-refractivity contribution in [3.05, 3.63) is 0 Å². The molecule has 0 aromatic rings. The highest BCUT2D eigenvalue weighted by Crippen LogP contribution is 2.27. The van der Waals surface area contributed by atoms with Gasteiger partial charge < -0.3 is 15.0 Å². The Morgan fingerprint density at radius 1 is 1.53 bits per heavy atom. The van der Waals surface area contributed by atoms with Gasteiger partial charge in [0.1, 0.15) is 0 Å². The number of hydrogen-bond donors (Lipinski definition) is 1. The molecule has 0 aromatic carbocycles. The lowest BCUT2D eigenvalue weighted by Crippen LogP contribution is -2.37. The first kappa shape index (κ1) is 14.7. The summed E-state index contributed by atoms with van der Waals surface area (Å²) in [5, 5.41) is 3.17. The van der Waals surface area contributed by atoms with E-state index in [2.05, 4.69) is 5.32 Å². The van der Waals surface area contributed by atoms with Crippen LogP contribution in [-0.4, -0.2) is 51.2 Å². The lowest BCUT2D eigenvalue weighted by molar-refractivity contribution is -0.129. The van der Waals surface area contributed by atoms with E-state index in [1.165, 1.54) is 12.8 Å². The Balaban J connectivity index is 0.00000196. The van der Waals surface area contributed by atoms with Crippen molar-refractivity contribution < 1.29 is 9.53 Å². The Bertz CT molecular complexity index is 186. The molecule has 15 heavy (non-hydrogen) atoms. The van der Waals surface area contributed by atoms with Crippen LogP contribution in [0.4, 0.5) is 0 Å². The van der Waals surface area contributed by atoms with E-state index in [0.29, 0.717) is 19.7 Å². The largest absolute Gasteiger partial charge is 0.383 e. The normalized spacial score (nSPS) is 14.5. The standard InChI is InChI=1S/C10H20N2O2.ClH/c1-12(5-6-14-2)10(13)8-11-7-9-3-4-9;/h9,11H,3-8H2,1-2H3;1H. The maximum atomic E-state index is 11.5. The maximum Gasteiger partial charge on any atom is 0.236 e. The third kappa shape index (κ3) is 6.71. The molecule has 0 radical (unpaired) electrons. The van der Waals surface area contributed by atoms with E-state index in [4.69, 9.17) is 4.74 Å². The van der Waals surface area contributed by atoms with Crippen LogP contribution in [0.15, 0.2) is 0 Å². The smallest absolute Gasteiger partial charge is 0.236 e. The Morgan fingerprint density at radius 3 is 2.73 bits per heavy atom. The van der Waals surface area contributed by atoms with Crippen LogP contribution in [0.2, 0.25) is 0 Å². The van der Waals surface area contributed by atoms with E-state index in [-0.39, 0.29) is 18.3 Å². The van der Waals surface area contributed by atoms with Gasteiger partial charge in [-0.25, -0.2) is 0 Å². The second kappa shape index (κ2) is 7.91. The molecule has 1 aliphatic rings. The Hall–Kier alpha value is -0.320. The number of carbonyl (C=O) groups is 1. The van der Waals surface area contributed by atoms with E-state index >= 15 is 0 Å². The molecule has 1 aliphatic carbocycles. The molecule has 1 N–H and O–H groups in total. The van der Waals surface area contributed by atoms with E-state index in [1.54, 1.807) is 19.1 Å². The van der Waals surface area contributed by atoms with Crippen LogP contribution >= 0.6 is 12.4 Å². The van der Waals surface area contributed by atoms with Crippen molar-refractivity contribution >= 4 is 18.3 Å². The van der Waals surface area contributed by atoms with Gasteiger partial charge in [-0.2, -0.15) is 0 Å². The summed E-state index contributed by atoms with van der Waals surface area (Å²) in [5.41, 5.74) is 0. The Labute approximate surface area is 97.8 Å². The second-order valence-corrected chi connectivity index (χ2v) is 3.88. The van der Waals surface area contributed by atoms with E-state index in [0.717, 1.165) is 12.5 Å². The molecule has 5 heteroatoms. The molecule has 0 aromatic heterocycles. The zero-order chi connectivity index (χ0) is 10.4. The average molecular weight is 237 g/mol. The van der Waals surface area contributed by atoms with Crippen LogP contribution in [0.3, 0.4) is 0 Å². The van der Waals surface area contributed by atoms with E-state index in [9.17, 15) is 4.79 Å². The van der Waals surface area contributed by atoms with Crippen molar-refractivity contribution in [2.24, 2.45) is 5.92 Å². The van der Waals surface area contributed by atoms with Gasteiger partial charge in [0, 0.05) is 20.7 Å². The monoisotopic (exact) mass is 236 g/mol. The fraction of sp³-hybridized carbons (Fsp3) is 0.900. The van der Waals surface area contributed by atoms with Crippen molar-refractivity contribution in [2.75, 3.05) is 40.4 Å². The van der Waals surface area contributed by atoms with Gasteiger partial charge in [-0.1, -0.05) is 0 Å². The van der Waals surface area contributed by atoms with Crippen LogP contribution < -0.4 is 5.32 Å². The summed E-state index contributed by atoms with van der Waals surface area (Å²) in [6.45, 7) is 2.71. The molecule has 0 spiro atoms. The molecule has 4 nitrogen and oxygen atoms in total. The zero-order valence-electron chi connectivity index (χ0n) is 9.49. The zero-order valence-corrected chi connectivity index (χ0v) is 10.3. The third-order valence-electron chi connectivity index (χ3n) is 2.46. The summed E-state index contributed by atoms with van der Waals surface area (Å²) >= 11 is 0. The molecule has 1 amide bonds. The number of nitrogens with zero attached hydrogens (tertiary/aromatic N) is 1. The molecule has 90 valence electrons. The van der Waals surface area contributed by atoms with Crippen molar-refractivity contribution in [1.29, 1.82) is 0 Å². The minimum Gasteiger partial charge on any atom is -0.383 e. The molecule has 0 aliphatic heterocycles. The van der Waals surface area contributed by atoms with Crippen LogP contribution in [0.5, 0.6) is 0 Å². The lowest BCUT2D eigenvalue weighted by Gasteiger charge is -2.16. The highest BCUT2D eigenvalue weighted by atomic mass is 35.5. The Morgan fingerprint density at radius 2 is 2.20 bits per heavy atom. The van der Waals surface area contributed by atoms with Gasteiger partial charge in [-0.15, -0.1) is 12.4 Å². The summed E-state index contributed by atoms with van der Waals surface area (Å²) < 4.78 is 4.90. The first-order valence-electron chi connectivity index (χ1n) is 5.17. The molecule has 1 fully saturated rings. The number of methoxy groups -OCH3 is 1. The van der Waals surface area contributed by atoms with Crippen LogP contribution in [0.1, 0.15) is 12.8 Å². The molecule has 0 unspecified atom stereocenters. The number of ether oxygens (including phenoxy) is 1. The fourth-order valence-corrected chi connectivity index (χ4v) is 1.19. The molecular weight excluding hydrogens is 216 g/mol. The van der Waals surface area contributed by atoms with E-state index in [1.807, 2.05) is 0 Å². The fourth-order valence-electron chi connectivity index (χ4n) is 1.19. The van der Waals surface area contributed by atoms with Crippen molar-refractivity contribution in [3.8, 4) is 0 Å². The summed E-state index contributed by atoms with van der Waals surface area (Å²) in [4.78, 5) is 13.2. The number of carbonyl (C=O) groups excluding carboxylic acids is 1. The van der Waals surface area contributed by atoms with Crippen molar-refractivity contribution in [1.82, 2.24) is 10.2 Å². The van der Waals surface area contributed by atoms with Gasteiger partial charge >= 0.3 is 0 Å². The van der Waals surface area contributed by atoms with E-state index < -0.39 is 0 Å². The molecule has 0 heterocycles. The van der Waals surface area contributed by atoms with Crippen molar-refractivity contribution in [2.45, 2.75) is 12.8 Å².